The Morgan fingerprint density at radius 3 is 2.77 bits per heavy atom. The van der Waals surface area contributed by atoms with Crippen LogP contribution in [0.5, 0.6) is 0 Å². The van der Waals surface area contributed by atoms with Gasteiger partial charge in [-0.15, -0.1) is 11.3 Å². The third kappa shape index (κ3) is 4.65. The molecule has 1 atom stereocenters. The summed E-state index contributed by atoms with van der Waals surface area (Å²) in [4.78, 5) is 17.6. The predicted molar refractivity (Wildman–Crippen MR) is 84.1 cm³/mol. The van der Waals surface area contributed by atoms with Crippen LogP contribution in [0.15, 0.2) is 5.38 Å². The van der Waals surface area contributed by atoms with Crippen molar-refractivity contribution in [1.82, 2.24) is 9.88 Å². The monoisotopic (exact) mass is 367 g/mol. The summed E-state index contributed by atoms with van der Waals surface area (Å²) in [5, 5.41) is 1.81. The molecule has 0 bridgehead atoms. The minimum absolute atomic E-state index is 0.00676. The number of nitrogens with one attached hydrogen (secondary N) is 1. The number of amides is 1. The maximum absolute atomic E-state index is 12.2. The number of rotatable bonds is 5. The number of sulfonamides is 1. The second-order valence-corrected chi connectivity index (χ2v) is 10.1. The Hall–Kier alpha value is -1.20. The summed E-state index contributed by atoms with van der Waals surface area (Å²) in [7, 11) is -4.87. The van der Waals surface area contributed by atoms with Crippen LogP contribution in [-0.2, 0) is 31.1 Å². The van der Waals surface area contributed by atoms with Gasteiger partial charge in [-0.05, 0) is 6.42 Å². The molecule has 22 heavy (non-hydrogen) atoms. The van der Waals surface area contributed by atoms with Crippen molar-refractivity contribution >= 4 is 42.2 Å². The predicted octanol–water partition coefficient (Wildman–Crippen LogP) is -0.297. The van der Waals surface area contributed by atoms with Gasteiger partial charge in [0.1, 0.15) is 0 Å². The highest BCUT2D eigenvalue weighted by Gasteiger charge is 2.32. The van der Waals surface area contributed by atoms with E-state index in [0.29, 0.717) is 12.1 Å². The molecule has 1 aromatic rings. The Kier molecular flexibility index (Phi) is 4.78. The molecule has 0 saturated carbocycles. The molecule has 0 aliphatic carbocycles. The number of hydrogen-bond donors (Lipinski definition) is 1. The molecule has 1 aliphatic rings. The second-order valence-electron chi connectivity index (χ2n) is 5.26. The molecule has 8 nitrogen and oxygen atoms in total. The molecule has 0 radical (unpaired) electrons. The van der Waals surface area contributed by atoms with Gasteiger partial charge in [0.05, 0.1) is 29.9 Å². The van der Waals surface area contributed by atoms with E-state index in [1.807, 2.05) is 0 Å². The van der Waals surface area contributed by atoms with E-state index in [1.54, 1.807) is 12.4 Å². The van der Waals surface area contributed by atoms with Gasteiger partial charge >= 0.3 is 0 Å². The summed E-state index contributed by atoms with van der Waals surface area (Å²) in [6.45, 7) is 0. The fourth-order valence-electron chi connectivity index (χ4n) is 2.16. The Labute approximate surface area is 133 Å². The van der Waals surface area contributed by atoms with Crippen molar-refractivity contribution in [2.24, 2.45) is 0 Å². The SMILES string of the molecule is CN(C(=O)Cc1csc(NS(C)(=O)=O)n1)[C@@H]1CCS(=O)(=O)C1. The normalized spacial score (nSPS) is 20.7. The largest absolute Gasteiger partial charge is 0.341 e. The van der Waals surface area contributed by atoms with Gasteiger partial charge in [0.2, 0.25) is 15.9 Å². The van der Waals surface area contributed by atoms with Gasteiger partial charge in [-0.25, -0.2) is 21.8 Å². The molecule has 11 heteroatoms. The highest BCUT2D eigenvalue weighted by molar-refractivity contribution is 7.92. The fraction of sp³-hybridized carbons (Fsp3) is 0.636. The van der Waals surface area contributed by atoms with E-state index in [0.717, 1.165) is 17.6 Å². The Morgan fingerprint density at radius 2 is 2.23 bits per heavy atom. The van der Waals surface area contributed by atoms with Crippen LogP contribution in [0.1, 0.15) is 12.1 Å². The van der Waals surface area contributed by atoms with E-state index in [2.05, 4.69) is 9.71 Å². The first-order chi connectivity index (χ1) is 10.1. The third-order valence-electron chi connectivity index (χ3n) is 3.31. The van der Waals surface area contributed by atoms with Crippen molar-refractivity contribution in [1.29, 1.82) is 0 Å². The number of hydrogen-bond acceptors (Lipinski definition) is 7. The zero-order valence-corrected chi connectivity index (χ0v) is 14.6. The number of anilines is 1. The number of thiazole rings is 1. The van der Waals surface area contributed by atoms with E-state index < -0.39 is 19.9 Å². The van der Waals surface area contributed by atoms with Crippen molar-refractivity contribution in [3.63, 3.8) is 0 Å². The molecule has 2 rings (SSSR count). The van der Waals surface area contributed by atoms with Crippen LogP contribution in [0.25, 0.3) is 0 Å². The molecule has 1 aromatic heterocycles. The number of carbonyl (C=O) groups excluding carboxylic acids is 1. The lowest BCUT2D eigenvalue weighted by atomic mass is 10.2. The van der Waals surface area contributed by atoms with Crippen molar-refractivity contribution < 1.29 is 21.6 Å². The van der Waals surface area contributed by atoms with Gasteiger partial charge in [0, 0.05) is 18.5 Å². The minimum atomic E-state index is -3.40. The standard InChI is InChI=1S/C11H17N3O5S3/c1-14(9-3-4-22(18,19)7-9)10(15)5-8-6-20-11(12-8)13-21(2,16)17/h6,9H,3-5,7H2,1-2H3,(H,12,13)/t9-/m1/s1. The van der Waals surface area contributed by atoms with E-state index in [4.69, 9.17) is 0 Å². The molecule has 1 amide bonds. The maximum Gasteiger partial charge on any atom is 0.231 e. The van der Waals surface area contributed by atoms with Gasteiger partial charge in [-0.2, -0.15) is 0 Å². The molecule has 0 spiro atoms. The lowest BCUT2D eigenvalue weighted by Crippen LogP contribution is -2.38. The number of likely N-dealkylation sites (N-methyl/N-ethyl adjacent to an activating group) is 1. The van der Waals surface area contributed by atoms with Crippen molar-refractivity contribution in [3.05, 3.63) is 11.1 Å². The smallest absolute Gasteiger partial charge is 0.231 e. The fourth-order valence-corrected chi connectivity index (χ4v) is 5.50. The summed E-state index contributed by atoms with van der Waals surface area (Å²) in [6, 6.07) is -0.301. The molecule has 1 saturated heterocycles. The van der Waals surface area contributed by atoms with Crippen LogP contribution < -0.4 is 4.72 Å². The third-order valence-corrected chi connectivity index (χ3v) is 6.56. The number of aromatic nitrogens is 1. The molecule has 0 unspecified atom stereocenters. The van der Waals surface area contributed by atoms with Crippen LogP contribution in [-0.4, -0.2) is 63.5 Å². The molecule has 2 heterocycles. The van der Waals surface area contributed by atoms with Crippen molar-refractivity contribution in [3.8, 4) is 0 Å². The average Bonchev–Trinajstić information content (AvgIpc) is 2.93. The lowest BCUT2D eigenvalue weighted by Gasteiger charge is -2.23. The molecule has 1 aliphatic heterocycles. The summed E-state index contributed by atoms with van der Waals surface area (Å²) >= 11 is 1.09. The Morgan fingerprint density at radius 1 is 1.55 bits per heavy atom. The zero-order valence-electron chi connectivity index (χ0n) is 12.1. The van der Waals surface area contributed by atoms with Crippen LogP contribution in [0.3, 0.4) is 0 Å². The average molecular weight is 367 g/mol. The first-order valence-corrected chi connectivity index (χ1v) is 11.0. The highest BCUT2D eigenvalue weighted by Crippen LogP contribution is 2.20. The lowest BCUT2D eigenvalue weighted by molar-refractivity contribution is -0.130. The summed E-state index contributed by atoms with van der Waals surface area (Å²) in [5.74, 6) is -0.139. The van der Waals surface area contributed by atoms with E-state index in [-0.39, 0.29) is 35.0 Å². The minimum Gasteiger partial charge on any atom is -0.341 e. The topological polar surface area (TPSA) is 114 Å². The number of carbonyl (C=O) groups is 1. The van der Waals surface area contributed by atoms with Crippen LogP contribution in [0.4, 0.5) is 5.13 Å². The quantitative estimate of drug-likeness (QED) is 0.764. The number of nitrogens with zero attached hydrogens (tertiary/aromatic N) is 2. The summed E-state index contributed by atoms with van der Waals surface area (Å²) in [5.41, 5.74) is 0.453. The molecule has 0 aromatic carbocycles. The Bertz CT molecular complexity index is 769. The second kappa shape index (κ2) is 6.13. The first-order valence-electron chi connectivity index (χ1n) is 6.44. The van der Waals surface area contributed by atoms with E-state index in [9.17, 15) is 21.6 Å². The van der Waals surface area contributed by atoms with Crippen LogP contribution in [0, 0.1) is 0 Å². The zero-order chi connectivity index (χ0) is 16.5. The summed E-state index contributed by atoms with van der Waals surface area (Å²) < 4.78 is 47.3. The van der Waals surface area contributed by atoms with Gasteiger partial charge in [-0.1, -0.05) is 0 Å². The highest BCUT2D eigenvalue weighted by atomic mass is 32.2. The van der Waals surface area contributed by atoms with Crippen LogP contribution in [0.2, 0.25) is 0 Å². The molecular weight excluding hydrogens is 350 g/mol. The van der Waals surface area contributed by atoms with E-state index in [1.165, 1.54) is 4.90 Å². The van der Waals surface area contributed by atoms with Gasteiger partial charge in [0.15, 0.2) is 15.0 Å². The molecule has 1 fully saturated rings. The first kappa shape index (κ1) is 17.2. The maximum atomic E-state index is 12.2. The number of sulfone groups is 1. The van der Waals surface area contributed by atoms with E-state index >= 15 is 0 Å². The van der Waals surface area contributed by atoms with Gasteiger partial charge < -0.3 is 4.90 Å². The van der Waals surface area contributed by atoms with Gasteiger partial charge in [-0.3, -0.25) is 9.52 Å². The molecular formula is C11H17N3O5S3. The van der Waals surface area contributed by atoms with Crippen molar-refractivity contribution in [2.45, 2.75) is 18.9 Å². The summed E-state index contributed by atoms with van der Waals surface area (Å²) in [6.07, 6.45) is 1.48. The van der Waals surface area contributed by atoms with Crippen LogP contribution >= 0.6 is 11.3 Å². The molecule has 1 N–H and O–H groups in total. The van der Waals surface area contributed by atoms with Gasteiger partial charge in [0.25, 0.3) is 0 Å². The Balaban J connectivity index is 1.97. The molecule has 124 valence electrons. The van der Waals surface area contributed by atoms with Crippen molar-refractivity contribution in [2.75, 3.05) is 29.5 Å².